The smallest absolute Gasteiger partial charge is 0.337 e. The topological polar surface area (TPSA) is 110 Å². The highest BCUT2D eigenvalue weighted by molar-refractivity contribution is 5.77. The van der Waals surface area contributed by atoms with Gasteiger partial charge in [0, 0.05) is 44.1 Å². The third kappa shape index (κ3) is 6.81. The van der Waals surface area contributed by atoms with Gasteiger partial charge in [-0.3, -0.25) is 9.36 Å². The Balaban J connectivity index is 1.09. The van der Waals surface area contributed by atoms with E-state index in [0.29, 0.717) is 50.1 Å². The van der Waals surface area contributed by atoms with E-state index in [0.717, 1.165) is 47.1 Å². The molecule has 2 aliphatic rings. The van der Waals surface area contributed by atoms with Crippen LogP contribution in [0.25, 0.3) is 33.5 Å². The molecule has 12 heteroatoms. The number of imidazole rings is 1. The predicted octanol–water partition coefficient (Wildman–Crippen LogP) is 5.96. The van der Waals surface area contributed by atoms with Gasteiger partial charge in [0.2, 0.25) is 0 Å². The van der Waals surface area contributed by atoms with Crippen LogP contribution >= 0.6 is 0 Å². The highest BCUT2D eigenvalue weighted by atomic mass is 19.1. The maximum Gasteiger partial charge on any atom is 0.337 e. The van der Waals surface area contributed by atoms with Crippen molar-refractivity contribution in [3.63, 3.8) is 0 Å². The number of halogens is 2. The van der Waals surface area contributed by atoms with Crippen molar-refractivity contribution in [2.24, 2.45) is 5.92 Å². The Labute approximate surface area is 292 Å². The van der Waals surface area contributed by atoms with Crippen molar-refractivity contribution in [3.8, 4) is 22.6 Å². The lowest BCUT2D eigenvalue weighted by atomic mass is 9.91. The molecule has 4 aromatic heterocycles. The van der Waals surface area contributed by atoms with Gasteiger partial charge in [0.15, 0.2) is 5.65 Å². The number of hydrogen-bond acceptors (Lipinski definition) is 7. The SMILES string of the molecule is CN(Cc1cc(O)ccc1-c1cccc(-n2c(=O)n(C3CCC(NCc4cn5cc(F)ccc5n4)CC3)c(=O)c3cc(F)cnc32)c1)CC1CC1. The van der Waals surface area contributed by atoms with Crippen LogP contribution in [0.2, 0.25) is 0 Å². The first kappa shape index (κ1) is 33.0. The molecule has 2 N–H and O–H groups in total. The summed E-state index contributed by atoms with van der Waals surface area (Å²) in [5.74, 6) is -0.0883. The number of phenols is 1. The van der Waals surface area contributed by atoms with Crippen LogP contribution in [0, 0.1) is 17.6 Å². The van der Waals surface area contributed by atoms with E-state index in [2.05, 4.69) is 27.2 Å². The number of pyridine rings is 2. The number of benzene rings is 2. The Morgan fingerprint density at radius 1 is 0.941 bits per heavy atom. The van der Waals surface area contributed by atoms with E-state index in [9.17, 15) is 23.5 Å². The molecule has 0 aliphatic heterocycles. The number of nitrogens with zero attached hydrogens (tertiary/aromatic N) is 6. The van der Waals surface area contributed by atoms with E-state index in [1.54, 1.807) is 34.9 Å². The van der Waals surface area contributed by atoms with E-state index >= 15 is 0 Å². The minimum Gasteiger partial charge on any atom is -0.508 e. The molecule has 2 fully saturated rings. The number of phenolic OH excluding ortho intramolecular Hbond substituents is 1. The van der Waals surface area contributed by atoms with Crippen molar-refractivity contribution in [1.29, 1.82) is 0 Å². The summed E-state index contributed by atoms with van der Waals surface area (Å²) >= 11 is 0. The third-order valence-electron chi connectivity index (χ3n) is 10.2. The number of nitrogens with one attached hydrogen (secondary N) is 1. The summed E-state index contributed by atoms with van der Waals surface area (Å²) in [4.78, 5) is 39.4. The summed E-state index contributed by atoms with van der Waals surface area (Å²) < 4.78 is 32.6. The molecule has 8 rings (SSSR count). The first-order chi connectivity index (χ1) is 24.7. The monoisotopic (exact) mass is 691 g/mol. The van der Waals surface area contributed by atoms with Crippen LogP contribution in [0.15, 0.2) is 88.8 Å². The molecule has 2 aliphatic carbocycles. The zero-order valence-corrected chi connectivity index (χ0v) is 28.3. The second kappa shape index (κ2) is 13.5. The molecule has 0 atom stereocenters. The Morgan fingerprint density at radius 3 is 2.57 bits per heavy atom. The van der Waals surface area contributed by atoms with Crippen molar-refractivity contribution in [2.45, 2.75) is 63.7 Å². The van der Waals surface area contributed by atoms with Gasteiger partial charge < -0.3 is 19.7 Å². The van der Waals surface area contributed by atoms with E-state index in [4.69, 9.17) is 0 Å². The summed E-state index contributed by atoms with van der Waals surface area (Å²) in [7, 11) is 2.08. The zero-order chi connectivity index (χ0) is 35.2. The fourth-order valence-electron chi connectivity index (χ4n) is 7.53. The molecular weight excluding hydrogens is 652 g/mol. The molecule has 51 heavy (non-hydrogen) atoms. The quantitative estimate of drug-likeness (QED) is 0.183. The van der Waals surface area contributed by atoms with Gasteiger partial charge in [0.25, 0.3) is 5.56 Å². The maximum atomic E-state index is 14.6. The minimum absolute atomic E-state index is 0.0376. The standard InChI is InChI=1S/C39H39F2N7O3/c1-45(20-24-5-6-24)21-26-16-33(49)12-13-34(26)25-3-2-4-32(15-25)47-37-35(17-28(41)18-43-37)38(50)48(39(47)51)31-10-8-29(9-11-31)42-19-30-23-46-22-27(40)7-14-36(46)44-30/h2-4,7,12-18,22-24,29,31,42,49H,5-6,8-11,19-21H2,1H3. The first-order valence-electron chi connectivity index (χ1n) is 17.5. The molecule has 10 nitrogen and oxygen atoms in total. The number of aromatic hydroxyl groups is 1. The summed E-state index contributed by atoms with van der Waals surface area (Å²) in [5, 5.41) is 13.9. The van der Waals surface area contributed by atoms with Gasteiger partial charge in [-0.2, -0.15) is 0 Å². The molecule has 2 saturated carbocycles. The van der Waals surface area contributed by atoms with Gasteiger partial charge in [-0.1, -0.05) is 18.2 Å². The van der Waals surface area contributed by atoms with Crippen molar-refractivity contribution >= 4 is 16.7 Å². The van der Waals surface area contributed by atoms with Crippen LogP contribution in [0.1, 0.15) is 55.8 Å². The highest BCUT2D eigenvalue weighted by Gasteiger charge is 2.28. The van der Waals surface area contributed by atoms with Gasteiger partial charge in [-0.15, -0.1) is 0 Å². The van der Waals surface area contributed by atoms with Crippen LogP contribution in [0.5, 0.6) is 5.75 Å². The molecule has 0 spiro atoms. The predicted molar refractivity (Wildman–Crippen MR) is 191 cm³/mol. The summed E-state index contributed by atoms with van der Waals surface area (Å²) in [6, 6.07) is 16.7. The van der Waals surface area contributed by atoms with Crippen molar-refractivity contribution in [3.05, 3.63) is 123 Å². The molecule has 0 unspecified atom stereocenters. The summed E-state index contributed by atoms with van der Waals surface area (Å²) in [6.07, 6.45) is 9.28. The Morgan fingerprint density at radius 2 is 1.76 bits per heavy atom. The average molecular weight is 692 g/mol. The Hall–Kier alpha value is -5.20. The van der Waals surface area contributed by atoms with Crippen LogP contribution in [0.3, 0.4) is 0 Å². The van der Waals surface area contributed by atoms with E-state index in [1.165, 1.54) is 34.2 Å². The zero-order valence-electron chi connectivity index (χ0n) is 28.3. The number of rotatable bonds is 10. The lowest BCUT2D eigenvalue weighted by molar-refractivity contribution is 0.279. The maximum absolute atomic E-state index is 14.6. The summed E-state index contributed by atoms with van der Waals surface area (Å²) in [5.41, 5.74) is 3.69. The highest BCUT2D eigenvalue weighted by Crippen LogP contribution is 2.33. The fourth-order valence-corrected chi connectivity index (χ4v) is 7.53. The number of hydrogen-bond donors (Lipinski definition) is 2. The first-order valence-corrected chi connectivity index (χ1v) is 17.5. The molecular formula is C39H39F2N7O3. The van der Waals surface area contributed by atoms with Gasteiger partial charge in [-0.25, -0.2) is 28.1 Å². The molecule has 0 bridgehead atoms. The van der Waals surface area contributed by atoms with Crippen molar-refractivity contribution < 1.29 is 13.9 Å². The number of fused-ring (bicyclic) bond motifs is 2. The molecule has 6 aromatic rings. The Bertz CT molecular complexity index is 2370. The largest absolute Gasteiger partial charge is 0.508 e. The normalized spacial score (nSPS) is 17.9. The van der Waals surface area contributed by atoms with Crippen molar-refractivity contribution in [2.75, 3.05) is 13.6 Å². The number of aromatic nitrogens is 5. The lowest BCUT2D eigenvalue weighted by Crippen LogP contribution is -2.44. The van der Waals surface area contributed by atoms with Gasteiger partial charge in [0.05, 0.1) is 23.0 Å². The second-order valence-corrected chi connectivity index (χ2v) is 14.1. The van der Waals surface area contributed by atoms with Crippen LogP contribution in [-0.2, 0) is 13.1 Å². The van der Waals surface area contributed by atoms with E-state index < -0.39 is 17.1 Å². The molecule has 2 aromatic carbocycles. The molecule has 0 saturated heterocycles. The molecule has 4 heterocycles. The van der Waals surface area contributed by atoms with Gasteiger partial charge in [0.1, 0.15) is 23.0 Å². The molecule has 262 valence electrons. The van der Waals surface area contributed by atoms with Crippen LogP contribution in [-0.4, -0.2) is 53.1 Å². The summed E-state index contributed by atoms with van der Waals surface area (Å²) in [6.45, 7) is 2.14. The molecule has 0 radical (unpaired) electrons. The Kier molecular flexibility index (Phi) is 8.73. The van der Waals surface area contributed by atoms with E-state index in [-0.39, 0.29) is 34.7 Å². The minimum atomic E-state index is -0.656. The second-order valence-electron chi connectivity index (χ2n) is 14.1. The van der Waals surface area contributed by atoms with Crippen molar-refractivity contribution in [1.82, 2.24) is 33.7 Å². The van der Waals surface area contributed by atoms with Crippen LogP contribution in [0.4, 0.5) is 8.78 Å². The average Bonchev–Trinajstić information content (AvgIpc) is 3.84. The third-order valence-corrected chi connectivity index (χ3v) is 10.2. The van der Waals surface area contributed by atoms with Gasteiger partial charge in [-0.05, 0) is 111 Å². The van der Waals surface area contributed by atoms with Gasteiger partial charge >= 0.3 is 5.69 Å². The lowest BCUT2D eigenvalue weighted by Gasteiger charge is -2.30. The molecule has 0 amide bonds. The fraction of sp³-hybridized carbons (Fsp3) is 0.333. The van der Waals surface area contributed by atoms with E-state index in [1.807, 2.05) is 24.3 Å². The van der Waals surface area contributed by atoms with Crippen LogP contribution < -0.4 is 16.6 Å².